The molecule has 3 nitrogen and oxygen atoms in total. The summed E-state index contributed by atoms with van der Waals surface area (Å²) in [6.45, 7) is 1.95. The van der Waals surface area contributed by atoms with Gasteiger partial charge in [0.05, 0.1) is 0 Å². The molecule has 0 fully saturated rings. The van der Waals surface area contributed by atoms with Crippen molar-refractivity contribution in [3.8, 4) is 0 Å². The zero-order chi connectivity index (χ0) is 14.8. The number of cyclic esters (lactones) is 1. The van der Waals surface area contributed by atoms with E-state index in [-0.39, 0.29) is 5.70 Å². The Morgan fingerprint density at radius 3 is 2.52 bits per heavy atom. The first-order chi connectivity index (χ1) is 10.1. The maximum absolute atomic E-state index is 11.9. The lowest BCUT2D eigenvalue weighted by molar-refractivity contribution is -0.129. The number of ether oxygens (including phenoxy) is 1. The minimum absolute atomic E-state index is 0.288. The summed E-state index contributed by atoms with van der Waals surface area (Å²) in [4.78, 5) is 16.2. The molecule has 1 heterocycles. The number of carbonyl (C=O) groups is 1. The monoisotopic (exact) mass is 297 g/mol. The van der Waals surface area contributed by atoms with E-state index in [9.17, 15) is 4.79 Å². The Morgan fingerprint density at radius 1 is 1.10 bits per heavy atom. The van der Waals surface area contributed by atoms with Crippen molar-refractivity contribution >= 4 is 29.5 Å². The molecule has 0 unspecified atom stereocenters. The van der Waals surface area contributed by atoms with Gasteiger partial charge >= 0.3 is 5.97 Å². The summed E-state index contributed by atoms with van der Waals surface area (Å²) in [5.74, 6) is -0.0958. The zero-order valence-corrected chi connectivity index (χ0v) is 12.1. The van der Waals surface area contributed by atoms with E-state index in [0.29, 0.717) is 10.9 Å². The van der Waals surface area contributed by atoms with Gasteiger partial charge in [0.25, 0.3) is 0 Å². The van der Waals surface area contributed by atoms with Gasteiger partial charge in [0.1, 0.15) is 0 Å². The molecule has 0 atom stereocenters. The molecule has 0 aromatic heterocycles. The third-order valence-electron chi connectivity index (χ3n) is 3.17. The van der Waals surface area contributed by atoms with Crippen LogP contribution in [0.2, 0.25) is 5.02 Å². The minimum Gasteiger partial charge on any atom is -0.402 e. The first kappa shape index (κ1) is 13.6. The highest BCUT2D eigenvalue weighted by atomic mass is 35.5. The van der Waals surface area contributed by atoms with E-state index in [2.05, 4.69) is 4.99 Å². The van der Waals surface area contributed by atoms with E-state index in [4.69, 9.17) is 16.3 Å². The predicted octanol–water partition coefficient (Wildman–Crippen LogP) is 3.99. The van der Waals surface area contributed by atoms with Crippen LogP contribution in [0, 0.1) is 6.92 Å². The van der Waals surface area contributed by atoms with Crippen molar-refractivity contribution in [1.29, 1.82) is 0 Å². The molecule has 0 aliphatic carbocycles. The largest absolute Gasteiger partial charge is 0.402 e. The molecule has 0 amide bonds. The maximum Gasteiger partial charge on any atom is 0.363 e. The summed E-state index contributed by atoms with van der Waals surface area (Å²) in [7, 11) is 0. The standard InChI is InChI=1S/C17H12ClNO2/c1-11-4-2-3-5-14(11)16-19-15(17(20)21-16)10-12-6-8-13(18)9-7-12/h2-10H,1H3/b15-10+. The van der Waals surface area contributed by atoms with Crippen molar-refractivity contribution in [2.24, 2.45) is 4.99 Å². The lowest BCUT2D eigenvalue weighted by Crippen LogP contribution is -2.06. The molecular weight excluding hydrogens is 286 g/mol. The average Bonchev–Trinajstić information content (AvgIpc) is 2.83. The van der Waals surface area contributed by atoms with E-state index in [0.717, 1.165) is 16.7 Å². The predicted molar refractivity (Wildman–Crippen MR) is 83.2 cm³/mol. The van der Waals surface area contributed by atoms with Crippen LogP contribution in [0.3, 0.4) is 0 Å². The second kappa shape index (κ2) is 5.54. The smallest absolute Gasteiger partial charge is 0.363 e. The molecular formula is C17H12ClNO2. The molecule has 0 N–H and O–H groups in total. The van der Waals surface area contributed by atoms with Crippen LogP contribution in [-0.2, 0) is 9.53 Å². The molecule has 3 rings (SSSR count). The molecule has 104 valence electrons. The summed E-state index contributed by atoms with van der Waals surface area (Å²) < 4.78 is 5.25. The van der Waals surface area contributed by atoms with Crippen molar-refractivity contribution in [2.45, 2.75) is 6.92 Å². The van der Waals surface area contributed by atoms with Gasteiger partial charge in [-0.25, -0.2) is 9.79 Å². The SMILES string of the molecule is Cc1ccccc1C1=N/C(=C/c2ccc(Cl)cc2)C(=O)O1. The molecule has 2 aromatic carbocycles. The van der Waals surface area contributed by atoms with Crippen LogP contribution < -0.4 is 0 Å². The van der Waals surface area contributed by atoms with Crippen LogP contribution in [0.5, 0.6) is 0 Å². The van der Waals surface area contributed by atoms with Crippen molar-refractivity contribution in [3.63, 3.8) is 0 Å². The van der Waals surface area contributed by atoms with E-state index in [1.165, 1.54) is 0 Å². The molecule has 0 saturated carbocycles. The molecule has 0 bridgehead atoms. The third kappa shape index (κ3) is 2.88. The molecule has 0 saturated heterocycles. The van der Waals surface area contributed by atoms with Gasteiger partial charge in [-0.05, 0) is 42.3 Å². The lowest BCUT2D eigenvalue weighted by Gasteiger charge is -2.02. The number of aliphatic imine (C=N–C) groups is 1. The Bertz CT molecular complexity index is 761. The summed E-state index contributed by atoms with van der Waals surface area (Å²) in [5, 5.41) is 0.648. The summed E-state index contributed by atoms with van der Waals surface area (Å²) in [6, 6.07) is 14.8. The molecule has 4 heteroatoms. The topological polar surface area (TPSA) is 38.7 Å². The van der Waals surface area contributed by atoms with Gasteiger partial charge < -0.3 is 4.74 Å². The van der Waals surface area contributed by atoms with Gasteiger partial charge in [0.15, 0.2) is 5.70 Å². The van der Waals surface area contributed by atoms with Gasteiger partial charge in [-0.3, -0.25) is 0 Å². The van der Waals surface area contributed by atoms with E-state index in [1.54, 1.807) is 18.2 Å². The Morgan fingerprint density at radius 2 is 1.81 bits per heavy atom. The van der Waals surface area contributed by atoms with Crippen LogP contribution in [0.15, 0.2) is 59.2 Å². The van der Waals surface area contributed by atoms with Crippen LogP contribution in [-0.4, -0.2) is 11.9 Å². The molecule has 0 spiro atoms. The molecule has 0 radical (unpaired) electrons. The fourth-order valence-electron chi connectivity index (χ4n) is 2.05. The van der Waals surface area contributed by atoms with Crippen LogP contribution in [0.25, 0.3) is 6.08 Å². The van der Waals surface area contributed by atoms with Crippen molar-refractivity contribution in [1.82, 2.24) is 0 Å². The number of benzene rings is 2. The number of rotatable bonds is 2. The van der Waals surface area contributed by atoms with Gasteiger partial charge in [-0.2, -0.15) is 0 Å². The Kier molecular flexibility index (Phi) is 3.59. The Balaban J connectivity index is 1.96. The number of carbonyl (C=O) groups excluding carboxylic acids is 1. The average molecular weight is 298 g/mol. The quantitative estimate of drug-likeness (QED) is 0.621. The van der Waals surface area contributed by atoms with E-state index >= 15 is 0 Å². The van der Waals surface area contributed by atoms with Crippen LogP contribution in [0.4, 0.5) is 0 Å². The third-order valence-corrected chi connectivity index (χ3v) is 3.42. The maximum atomic E-state index is 11.9. The van der Waals surface area contributed by atoms with Gasteiger partial charge in [-0.15, -0.1) is 0 Å². The summed E-state index contributed by atoms with van der Waals surface area (Å²) in [6.07, 6.45) is 1.68. The van der Waals surface area contributed by atoms with Crippen molar-refractivity contribution in [2.75, 3.05) is 0 Å². The highest BCUT2D eigenvalue weighted by Crippen LogP contribution is 2.21. The molecule has 2 aromatic rings. The highest BCUT2D eigenvalue weighted by molar-refractivity contribution is 6.30. The molecule has 1 aliphatic heterocycles. The number of esters is 1. The minimum atomic E-state index is -0.441. The highest BCUT2D eigenvalue weighted by Gasteiger charge is 2.24. The normalized spacial score (nSPS) is 16.0. The second-order valence-corrected chi connectivity index (χ2v) is 5.14. The first-order valence-electron chi connectivity index (χ1n) is 6.47. The van der Waals surface area contributed by atoms with Gasteiger partial charge in [0, 0.05) is 10.6 Å². The number of halogens is 1. The molecule has 1 aliphatic rings. The fourth-order valence-corrected chi connectivity index (χ4v) is 2.18. The van der Waals surface area contributed by atoms with Crippen LogP contribution >= 0.6 is 11.6 Å². The number of hydrogen-bond acceptors (Lipinski definition) is 3. The van der Waals surface area contributed by atoms with Gasteiger partial charge in [0.2, 0.25) is 5.90 Å². The number of hydrogen-bond donors (Lipinski definition) is 0. The second-order valence-electron chi connectivity index (χ2n) is 4.70. The zero-order valence-electron chi connectivity index (χ0n) is 11.3. The fraction of sp³-hybridized carbons (Fsp3) is 0.0588. The Labute approximate surface area is 127 Å². The summed E-state index contributed by atoms with van der Waals surface area (Å²) in [5.41, 5.74) is 2.97. The van der Waals surface area contributed by atoms with Gasteiger partial charge in [-0.1, -0.05) is 41.9 Å². The lowest BCUT2D eigenvalue weighted by atomic mass is 10.1. The van der Waals surface area contributed by atoms with Crippen molar-refractivity contribution < 1.29 is 9.53 Å². The molecule has 21 heavy (non-hydrogen) atoms. The van der Waals surface area contributed by atoms with Crippen molar-refractivity contribution in [3.05, 3.63) is 75.9 Å². The van der Waals surface area contributed by atoms with E-state index < -0.39 is 5.97 Å². The first-order valence-corrected chi connectivity index (χ1v) is 6.85. The van der Waals surface area contributed by atoms with Crippen LogP contribution in [0.1, 0.15) is 16.7 Å². The Hall–Kier alpha value is -2.39. The number of nitrogens with zero attached hydrogens (tertiary/aromatic N) is 1. The van der Waals surface area contributed by atoms with E-state index in [1.807, 2.05) is 43.3 Å². The number of aryl methyl sites for hydroxylation is 1. The summed E-state index contributed by atoms with van der Waals surface area (Å²) >= 11 is 5.84.